The number of hydrogen-bond donors (Lipinski definition) is 2. The summed E-state index contributed by atoms with van der Waals surface area (Å²) in [5.74, 6) is -0.472. The Bertz CT molecular complexity index is 384. The first-order valence-electron chi connectivity index (χ1n) is 5.20. The van der Waals surface area contributed by atoms with Crippen LogP contribution in [-0.4, -0.2) is 16.2 Å². The van der Waals surface area contributed by atoms with Gasteiger partial charge in [-0.25, -0.2) is 0 Å². The van der Waals surface area contributed by atoms with Crippen molar-refractivity contribution in [2.24, 2.45) is 0 Å². The highest BCUT2D eigenvalue weighted by Crippen LogP contribution is 2.35. The molecule has 1 aliphatic rings. The number of carboxylic acids is 1. The largest absolute Gasteiger partial charge is 0.508 e. The van der Waals surface area contributed by atoms with Gasteiger partial charge in [0, 0.05) is 0 Å². The highest BCUT2D eigenvalue weighted by Gasteiger charge is 2.22. The Kier molecular flexibility index (Phi) is 2.62. The molecule has 0 aromatic heterocycles. The Morgan fingerprint density at radius 1 is 1.47 bits per heavy atom. The third kappa shape index (κ3) is 2.12. The molecule has 80 valence electrons. The molecule has 1 atom stereocenters. The first-order valence-corrected chi connectivity index (χ1v) is 5.20. The summed E-state index contributed by atoms with van der Waals surface area (Å²) >= 11 is 0. The molecule has 3 heteroatoms. The van der Waals surface area contributed by atoms with Gasteiger partial charge in [-0.2, -0.15) is 0 Å². The minimum atomic E-state index is -0.767. The van der Waals surface area contributed by atoms with Gasteiger partial charge >= 0.3 is 5.97 Å². The van der Waals surface area contributed by atoms with Crippen LogP contribution in [-0.2, 0) is 11.2 Å². The van der Waals surface area contributed by atoms with E-state index in [1.165, 1.54) is 5.56 Å². The van der Waals surface area contributed by atoms with Gasteiger partial charge in [0.1, 0.15) is 5.75 Å². The van der Waals surface area contributed by atoms with Crippen molar-refractivity contribution in [2.45, 2.75) is 31.6 Å². The molecule has 2 N–H and O–H groups in total. The van der Waals surface area contributed by atoms with E-state index >= 15 is 0 Å². The van der Waals surface area contributed by atoms with Crippen LogP contribution in [0.5, 0.6) is 5.75 Å². The average molecular weight is 206 g/mol. The van der Waals surface area contributed by atoms with Crippen LogP contribution in [0.2, 0.25) is 0 Å². The molecule has 0 saturated heterocycles. The van der Waals surface area contributed by atoms with Gasteiger partial charge in [-0.3, -0.25) is 4.79 Å². The second-order valence-corrected chi connectivity index (χ2v) is 4.07. The maximum atomic E-state index is 10.7. The lowest BCUT2D eigenvalue weighted by atomic mass is 9.81. The Balaban J connectivity index is 2.32. The Morgan fingerprint density at radius 3 is 3.00 bits per heavy atom. The molecule has 15 heavy (non-hydrogen) atoms. The number of phenols is 1. The second kappa shape index (κ2) is 3.93. The normalized spacial score (nSPS) is 19.6. The van der Waals surface area contributed by atoms with E-state index in [4.69, 9.17) is 5.11 Å². The minimum absolute atomic E-state index is 0.0679. The van der Waals surface area contributed by atoms with Crippen LogP contribution in [0, 0.1) is 0 Å². The molecule has 1 unspecified atom stereocenters. The smallest absolute Gasteiger partial charge is 0.303 e. The van der Waals surface area contributed by atoms with Gasteiger partial charge in [0.2, 0.25) is 0 Å². The number of fused-ring (bicyclic) bond motifs is 1. The average Bonchev–Trinajstić information content (AvgIpc) is 2.18. The Morgan fingerprint density at radius 2 is 2.27 bits per heavy atom. The van der Waals surface area contributed by atoms with Crippen LogP contribution in [0.15, 0.2) is 18.2 Å². The minimum Gasteiger partial charge on any atom is -0.508 e. The summed E-state index contributed by atoms with van der Waals surface area (Å²) in [5, 5.41) is 18.2. The number of hydrogen-bond acceptors (Lipinski definition) is 2. The zero-order chi connectivity index (χ0) is 10.8. The molecular formula is C12H14O3. The van der Waals surface area contributed by atoms with E-state index in [1.54, 1.807) is 12.1 Å². The van der Waals surface area contributed by atoms with Gasteiger partial charge in [0.05, 0.1) is 6.42 Å². The van der Waals surface area contributed by atoms with Crippen molar-refractivity contribution < 1.29 is 15.0 Å². The van der Waals surface area contributed by atoms with Crippen molar-refractivity contribution >= 4 is 5.97 Å². The number of aryl methyl sites for hydroxylation is 1. The lowest BCUT2D eigenvalue weighted by Crippen LogP contribution is -2.13. The van der Waals surface area contributed by atoms with E-state index < -0.39 is 5.97 Å². The third-order valence-electron chi connectivity index (χ3n) is 2.99. The van der Waals surface area contributed by atoms with Gasteiger partial charge in [0.25, 0.3) is 0 Å². The van der Waals surface area contributed by atoms with Gasteiger partial charge in [-0.1, -0.05) is 6.07 Å². The van der Waals surface area contributed by atoms with Crippen LogP contribution in [0.25, 0.3) is 0 Å². The Labute approximate surface area is 88.4 Å². The fraction of sp³-hybridized carbons (Fsp3) is 0.417. The molecule has 3 nitrogen and oxygen atoms in total. The molecule has 0 heterocycles. The molecule has 0 radical (unpaired) electrons. The fourth-order valence-corrected chi connectivity index (χ4v) is 2.31. The van der Waals surface area contributed by atoms with E-state index in [0.29, 0.717) is 0 Å². The summed E-state index contributed by atoms with van der Waals surface area (Å²) in [6, 6.07) is 5.28. The summed E-state index contributed by atoms with van der Waals surface area (Å²) < 4.78 is 0. The molecule has 1 aliphatic carbocycles. The van der Waals surface area contributed by atoms with Crippen molar-refractivity contribution in [1.29, 1.82) is 0 Å². The number of aromatic hydroxyl groups is 1. The third-order valence-corrected chi connectivity index (χ3v) is 2.99. The predicted molar refractivity (Wildman–Crippen MR) is 56.0 cm³/mol. The Hall–Kier alpha value is -1.51. The van der Waals surface area contributed by atoms with E-state index in [-0.39, 0.29) is 18.1 Å². The topological polar surface area (TPSA) is 57.5 Å². The molecule has 0 spiro atoms. The number of carboxylic acid groups (broad SMARTS) is 1. The highest BCUT2D eigenvalue weighted by atomic mass is 16.4. The molecule has 0 amide bonds. The summed E-state index contributed by atoms with van der Waals surface area (Å²) in [4.78, 5) is 10.7. The van der Waals surface area contributed by atoms with Gasteiger partial charge in [-0.15, -0.1) is 0 Å². The predicted octanol–water partition coefficient (Wildman–Crippen LogP) is 2.29. The number of rotatable bonds is 2. The highest BCUT2D eigenvalue weighted by molar-refractivity contribution is 5.68. The standard InChI is InChI=1S/C12H14O3/c13-10-5-4-8-2-1-3-9(6-12(14)15)11(8)7-10/h4-5,7,9,13H,1-3,6H2,(H,14,15). The summed E-state index contributed by atoms with van der Waals surface area (Å²) in [7, 11) is 0. The first kappa shape index (κ1) is 10.0. The molecule has 2 rings (SSSR count). The van der Waals surface area contributed by atoms with E-state index in [0.717, 1.165) is 24.8 Å². The van der Waals surface area contributed by atoms with Crippen molar-refractivity contribution in [2.75, 3.05) is 0 Å². The van der Waals surface area contributed by atoms with E-state index in [1.807, 2.05) is 6.07 Å². The van der Waals surface area contributed by atoms with Crippen molar-refractivity contribution in [3.8, 4) is 5.75 Å². The molecule has 0 bridgehead atoms. The van der Waals surface area contributed by atoms with Gasteiger partial charge < -0.3 is 10.2 Å². The number of benzene rings is 1. The molecule has 1 aromatic carbocycles. The zero-order valence-corrected chi connectivity index (χ0v) is 8.44. The van der Waals surface area contributed by atoms with Crippen LogP contribution < -0.4 is 0 Å². The van der Waals surface area contributed by atoms with Gasteiger partial charge in [0.15, 0.2) is 0 Å². The van der Waals surface area contributed by atoms with E-state index in [2.05, 4.69) is 0 Å². The molecule has 1 aromatic rings. The van der Waals surface area contributed by atoms with Crippen molar-refractivity contribution in [3.63, 3.8) is 0 Å². The zero-order valence-electron chi connectivity index (χ0n) is 8.44. The summed E-state index contributed by atoms with van der Waals surface area (Å²) in [5.41, 5.74) is 2.20. The number of phenolic OH excluding ortho intramolecular Hbond substituents is 1. The number of aliphatic carboxylic acids is 1. The lowest BCUT2D eigenvalue weighted by molar-refractivity contribution is -0.137. The van der Waals surface area contributed by atoms with Gasteiger partial charge in [-0.05, 0) is 48.4 Å². The summed E-state index contributed by atoms with van der Waals surface area (Å²) in [6.07, 6.45) is 3.10. The van der Waals surface area contributed by atoms with Crippen molar-refractivity contribution in [1.82, 2.24) is 0 Å². The van der Waals surface area contributed by atoms with Crippen molar-refractivity contribution in [3.05, 3.63) is 29.3 Å². The number of carbonyl (C=O) groups is 1. The van der Waals surface area contributed by atoms with Crippen LogP contribution in [0.3, 0.4) is 0 Å². The van der Waals surface area contributed by atoms with Crippen LogP contribution >= 0.6 is 0 Å². The van der Waals surface area contributed by atoms with Crippen LogP contribution in [0.1, 0.15) is 36.3 Å². The maximum absolute atomic E-state index is 10.7. The molecule has 0 fully saturated rings. The summed E-state index contributed by atoms with van der Waals surface area (Å²) in [6.45, 7) is 0. The van der Waals surface area contributed by atoms with E-state index in [9.17, 15) is 9.90 Å². The fourth-order valence-electron chi connectivity index (χ4n) is 2.31. The lowest BCUT2D eigenvalue weighted by Gasteiger charge is -2.24. The SMILES string of the molecule is O=C(O)CC1CCCc2ccc(O)cc21. The monoisotopic (exact) mass is 206 g/mol. The second-order valence-electron chi connectivity index (χ2n) is 4.07. The molecular weight excluding hydrogens is 192 g/mol. The maximum Gasteiger partial charge on any atom is 0.303 e. The van der Waals surface area contributed by atoms with Crippen LogP contribution in [0.4, 0.5) is 0 Å². The molecule has 0 saturated carbocycles. The quantitative estimate of drug-likeness (QED) is 0.780. The molecule has 0 aliphatic heterocycles. The first-order chi connectivity index (χ1) is 7.16.